The molecule has 0 bridgehead atoms. The van der Waals surface area contributed by atoms with Gasteiger partial charge in [0.15, 0.2) is 9.84 Å². The third-order valence-corrected chi connectivity index (χ3v) is 6.33. The summed E-state index contributed by atoms with van der Waals surface area (Å²) in [6, 6.07) is 4.85. The molecule has 0 aromatic heterocycles. The number of amides is 1. The quantitative estimate of drug-likeness (QED) is 0.720. The summed E-state index contributed by atoms with van der Waals surface area (Å²) in [5.41, 5.74) is 1.05. The van der Waals surface area contributed by atoms with E-state index in [9.17, 15) is 13.2 Å². The maximum absolute atomic E-state index is 12.3. The Morgan fingerprint density at radius 3 is 2.63 bits per heavy atom. The minimum absolute atomic E-state index is 0.00329. The molecule has 0 radical (unpaired) electrons. The molecular formula is C20H30ClNO4S. The van der Waals surface area contributed by atoms with Crippen LogP contribution in [0.15, 0.2) is 18.2 Å². The molecule has 3 atom stereocenters. The lowest BCUT2D eigenvalue weighted by molar-refractivity contribution is -0.126. The van der Waals surface area contributed by atoms with Crippen molar-refractivity contribution in [1.29, 1.82) is 0 Å². The van der Waals surface area contributed by atoms with Crippen LogP contribution in [0.25, 0.3) is 0 Å². The summed E-state index contributed by atoms with van der Waals surface area (Å²) in [4.78, 5) is 12.3. The summed E-state index contributed by atoms with van der Waals surface area (Å²) in [6.07, 6.45) is 4.62. The number of ether oxygens (including phenoxy) is 1. The standard InChI is InChI=1S/C20H30ClNO4S/c1-13(2)17-8-5-14(3)9-19(17)26-11-20(23)22-16-7-6-15(18(21)10-16)12-27(4,24)25/h6-7,10,13-14,17,19H,5,8-9,11-12H2,1-4H3,(H,22,23). The Kier molecular flexibility index (Phi) is 7.72. The lowest BCUT2D eigenvalue weighted by atomic mass is 9.75. The van der Waals surface area contributed by atoms with E-state index in [0.29, 0.717) is 34.0 Å². The van der Waals surface area contributed by atoms with Crippen molar-refractivity contribution in [2.45, 2.75) is 51.9 Å². The molecule has 27 heavy (non-hydrogen) atoms. The van der Waals surface area contributed by atoms with Gasteiger partial charge >= 0.3 is 0 Å². The Bertz CT molecular complexity index is 763. The lowest BCUT2D eigenvalue weighted by Gasteiger charge is -2.37. The fourth-order valence-corrected chi connectivity index (χ4v) is 4.85. The van der Waals surface area contributed by atoms with E-state index in [0.717, 1.165) is 19.1 Å². The topological polar surface area (TPSA) is 72.5 Å². The molecule has 1 aliphatic rings. The van der Waals surface area contributed by atoms with Crippen LogP contribution in [0.1, 0.15) is 45.6 Å². The molecule has 0 saturated heterocycles. The molecule has 1 saturated carbocycles. The minimum Gasteiger partial charge on any atom is -0.368 e. The number of rotatable bonds is 7. The summed E-state index contributed by atoms with van der Waals surface area (Å²) >= 11 is 6.14. The molecule has 152 valence electrons. The number of carbonyl (C=O) groups is 1. The maximum Gasteiger partial charge on any atom is 0.250 e. The second kappa shape index (κ2) is 9.39. The van der Waals surface area contributed by atoms with E-state index in [1.807, 2.05) is 0 Å². The fourth-order valence-electron chi connectivity index (χ4n) is 3.71. The molecule has 1 amide bonds. The van der Waals surface area contributed by atoms with Crippen LogP contribution >= 0.6 is 11.6 Å². The smallest absolute Gasteiger partial charge is 0.250 e. The molecule has 1 N–H and O–H groups in total. The number of hydrogen-bond acceptors (Lipinski definition) is 4. The van der Waals surface area contributed by atoms with Crippen molar-refractivity contribution >= 4 is 33.0 Å². The van der Waals surface area contributed by atoms with Gasteiger partial charge in [-0.3, -0.25) is 4.79 Å². The molecule has 7 heteroatoms. The Morgan fingerprint density at radius 2 is 2.04 bits per heavy atom. The Labute approximate surface area is 167 Å². The van der Waals surface area contributed by atoms with Crippen LogP contribution in [0.4, 0.5) is 5.69 Å². The van der Waals surface area contributed by atoms with Crippen molar-refractivity contribution in [1.82, 2.24) is 0 Å². The van der Waals surface area contributed by atoms with Crippen LogP contribution in [-0.4, -0.2) is 33.3 Å². The van der Waals surface area contributed by atoms with Crippen molar-refractivity contribution in [3.05, 3.63) is 28.8 Å². The molecule has 0 aliphatic heterocycles. The van der Waals surface area contributed by atoms with Crippen LogP contribution in [0, 0.1) is 17.8 Å². The van der Waals surface area contributed by atoms with Gasteiger partial charge in [0.25, 0.3) is 0 Å². The SMILES string of the molecule is CC1CCC(C(C)C)C(OCC(=O)Nc2ccc(CS(C)(=O)=O)c(Cl)c2)C1. The number of hydrogen-bond donors (Lipinski definition) is 1. The van der Waals surface area contributed by atoms with E-state index in [1.54, 1.807) is 18.2 Å². The van der Waals surface area contributed by atoms with Crippen LogP contribution in [-0.2, 0) is 25.1 Å². The first-order chi connectivity index (χ1) is 12.5. The van der Waals surface area contributed by atoms with E-state index in [2.05, 4.69) is 26.1 Å². The van der Waals surface area contributed by atoms with Crippen molar-refractivity contribution in [3.8, 4) is 0 Å². The number of anilines is 1. The lowest BCUT2D eigenvalue weighted by Crippen LogP contribution is -2.36. The van der Waals surface area contributed by atoms with Gasteiger partial charge in [-0.05, 0) is 48.3 Å². The second-order valence-electron chi connectivity index (χ2n) is 8.10. The summed E-state index contributed by atoms with van der Waals surface area (Å²) in [5, 5.41) is 3.09. The Hall–Kier alpha value is -1.11. The number of sulfone groups is 1. The van der Waals surface area contributed by atoms with Crippen LogP contribution in [0.5, 0.6) is 0 Å². The molecule has 1 fully saturated rings. The normalized spacial score (nSPS) is 23.4. The van der Waals surface area contributed by atoms with Crippen LogP contribution in [0.3, 0.4) is 0 Å². The zero-order valence-corrected chi connectivity index (χ0v) is 18.1. The maximum atomic E-state index is 12.3. The second-order valence-corrected chi connectivity index (χ2v) is 10.6. The largest absolute Gasteiger partial charge is 0.368 e. The summed E-state index contributed by atoms with van der Waals surface area (Å²) in [5.74, 6) is 1.28. The fraction of sp³-hybridized carbons (Fsp3) is 0.650. The average molecular weight is 416 g/mol. The van der Waals surface area contributed by atoms with Gasteiger partial charge in [-0.2, -0.15) is 0 Å². The molecular weight excluding hydrogens is 386 g/mol. The zero-order valence-electron chi connectivity index (χ0n) is 16.5. The van der Waals surface area contributed by atoms with Gasteiger partial charge in [-0.25, -0.2) is 8.42 Å². The van der Waals surface area contributed by atoms with Gasteiger partial charge < -0.3 is 10.1 Å². The first-order valence-electron chi connectivity index (χ1n) is 9.42. The first-order valence-corrected chi connectivity index (χ1v) is 11.9. The highest BCUT2D eigenvalue weighted by molar-refractivity contribution is 7.89. The Morgan fingerprint density at radius 1 is 1.33 bits per heavy atom. The molecule has 1 aliphatic carbocycles. The molecule has 1 aromatic rings. The highest BCUT2D eigenvalue weighted by Crippen LogP contribution is 2.35. The first kappa shape index (κ1) is 22.2. The van der Waals surface area contributed by atoms with E-state index < -0.39 is 9.84 Å². The molecule has 0 heterocycles. The number of halogens is 1. The van der Waals surface area contributed by atoms with Crippen molar-refractivity contribution in [2.24, 2.45) is 17.8 Å². The summed E-state index contributed by atoms with van der Waals surface area (Å²) in [6.45, 7) is 6.64. The number of carbonyl (C=O) groups excluding carboxylic acids is 1. The van der Waals surface area contributed by atoms with Gasteiger partial charge in [0, 0.05) is 17.0 Å². The van der Waals surface area contributed by atoms with Crippen molar-refractivity contribution < 1.29 is 17.9 Å². The minimum atomic E-state index is -3.17. The molecule has 0 spiro atoms. The summed E-state index contributed by atoms with van der Waals surface area (Å²) < 4.78 is 28.8. The van der Waals surface area contributed by atoms with Gasteiger partial charge in [0.05, 0.1) is 11.9 Å². The van der Waals surface area contributed by atoms with Gasteiger partial charge in [0.2, 0.25) is 5.91 Å². The Balaban J connectivity index is 1.92. The van der Waals surface area contributed by atoms with Crippen molar-refractivity contribution in [2.75, 3.05) is 18.2 Å². The molecule has 1 aromatic carbocycles. The zero-order chi connectivity index (χ0) is 20.2. The predicted octanol–water partition coefficient (Wildman–Crippen LogP) is 4.30. The monoisotopic (exact) mass is 415 g/mol. The average Bonchev–Trinajstić information content (AvgIpc) is 2.54. The third kappa shape index (κ3) is 7.09. The van der Waals surface area contributed by atoms with Crippen LogP contribution < -0.4 is 5.32 Å². The van der Waals surface area contributed by atoms with E-state index in [4.69, 9.17) is 16.3 Å². The highest BCUT2D eigenvalue weighted by Gasteiger charge is 2.31. The highest BCUT2D eigenvalue weighted by atomic mass is 35.5. The van der Waals surface area contributed by atoms with Crippen LogP contribution in [0.2, 0.25) is 5.02 Å². The number of nitrogens with one attached hydrogen (secondary N) is 1. The van der Waals surface area contributed by atoms with E-state index >= 15 is 0 Å². The predicted molar refractivity (Wildman–Crippen MR) is 110 cm³/mol. The molecule has 2 rings (SSSR count). The molecule has 3 unspecified atom stereocenters. The van der Waals surface area contributed by atoms with E-state index in [1.165, 1.54) is 6.42 Å². The summed E-state index contributed by atoms with van der Waals surface area (Å²) in [7, 11) is -3.17. The molecule has 5 nitrogen and oxygen atoms in total. The number of benzene rings is 1. The third-order valence-electron chi connectivity index (χ3n) is 5.14. The van der Waals surface area contributed by atoms with Gasteiger partial charge in [-0.1, -0.05) is 44.9 Å². The van der Waals surface area contributed by atoms with Crippen molar-refractivity contribution in [3.63, 3.8) is 0 Å². The van der Waals surface area contributed by atoms with Gasteiger partial charge in [-0.15, -0.1) is 0 Å². The van der Waals surface area contributed by atoms with E-state index in [-0.39, 0.29) is 24.4 Å². The van der Waals surface area contributed by atoms with Gasteiger partial charge in [0.1, 0.15) is 6.61 Å².